The second-order valence-electron chi connectivity index (χ2n) is 4.63. The van der Waals surface area contributed by atoms with Gasteiger partial charge in [-0.1, -0.05) is 23.7 Å². The van der Waals surface area contributed by atoms with Gasteiger partial charge in [0.15, 0.2) is 5.82 Å². The Balaban J connectivity index is 2.07. The van der Waals surface area contributed by atoms with Crippen molar-refractivity contribution in [2.75, 3.05) is 13.1 Å². The summed E-state index contributed by atoms with van der Waals surface area (Å²) in [5.41, 5.74) is 0.776. The zero-order chi connectivity index (χ0) is 15.2. The highest BCUT2D eigenvalue weighted by Crippen LogP contribution is 2.20. The third-order valence-electron chi connectivity index (χ3n) is 2.82. The fourth-order valence-corrected chi connectivity index (χ4v) is 2.08. The molecule has 0 bridgehead atoms. The Morgan fingerprint density at radius 2 is 2.10 bits per heavy atom. The van der Waals surface area contributed by atoms with E-state index >= 15 is 0 Å². The summed E-state index contributed by atoms with van der Waals surface area (Å²) in [6, 6.07) is 7.07. The number of halogens is 1. The van der Waals surface area contributed by atoms with Crippen LogP contribution in [0.4, 0.5) is 0 Å². The normalized spacial score (nSPS) is 11.0. The van der Waals surface area contributed by atoms with Crippen LogP contribution in [0.3, 0.4) is 0 Å². The fraction of sp³-hybridized carbons (Fsp3) is 0.357. The number of benzene rings is 1. The van der Waals surface area contributed by atoms with Crippen LogP contribution in [-0.2, 0) is 11.3 Å². The molecule has 0 radical (unpaired) electrons. The quantitative estimate of drug-likeness (QED) is 0.847. The zero-order valence-electron chi connectivity index (χ0n) is 11.6. The molecule has 1 N–H and O–H groups in total. The molecule has 1 heterocycles. The summed E-state index contributed by atoms with van der Waals surface area (Å²) >= 11 is 5.83. The summed E-state index contributed by atoms with van der Waals surface area (Å²) in [7, 11) is 0. The highest BCUT2D eigenvalue weighted by molar-refractivity contribution is 6.30. The van der Waals surface area contributed by atoms with Crippen molar-refractivity contribution in [2.24, 2.45) is 0 Å². The van der Waals surface area contributed by atoms with Crippen molar-refractivity contribution in [1.29, 1.82) is 0 Å². The summed E-state index contributed by atoms with van der Waals surface area (Å²) < 4.78 is 5.20. The van der Waals surface area contributed by atoms with E-state index in [0.29, 0.717) is 29.8 Å². The number of carboxylic acid groups (broad SMARTS) is 1. The molecule has 112 valence electrons. The lowest BCUT2D eigenvalue weighted by Crippen LogP contribution is -2.30. The van der Waals surface area contributed by atoms with Gasteiger partial charge in [-0.25, -0.2) is 0 Å². The lowest BCUT2D eigenvalue weighted by molar-refractivity contribution is -0.138. The fourth-order valence-electron chi connectivity index (χ4n) is 1.95. The molecule has 0 atom stereocenters. The number of rotatable bonds is 7. The van der Waals surface area contributed by atoms with Crippen molar-refractivity contribution in [2.45, 2.75) is 19.9 Å². The van der Waals surface area contributed by atoms with Crippen LogP contribution in [0.25, 0.3) is 11.5 Å². The largest absolute Gasteiger partial charge is 0.480 e. The summed E-state index contributed by atoms with van der Waals surface area (Å²) in [6.07, 6.45) is 0.856. The van der Waals surface area contributed by atoms with E-state index in [1.165, 1.54) is 0 Å². The first kappa shape index (κ1) is 15.5. The van der Waals surface area contributed by atoms with Crippen LogP contribution in [-0.4, -0.2) is 39.2 Å². The minimum Gasteiger partial charge on any atom is -0.480 e. The maximum Gasteiger partial charge on any atom is 0.317 e. The third kappa shape index (κ3) is 4.54. The Morgan fingerprint density at radius 1 is 1.38 bits per heavy atom. The van der Waals surface area contributed by atoms with E-state index in [4.69, 9.17) is 21.2 Å². The van der Waals surface area contributed by atoms with Crippen LogP contribution < -0.4 is 0 Å². The molecule has 0 saturated heterocycles. The molecule has 2 aromatic rings. The summed E-state index contributed by atoms with van der Waals surface area (Å²) in [6.45, 7) is 2.96. The van der Waals surface area contributed by atoms with Gasteiger partial charge in [-0.05, 0) is 37.2 Å². The maximum atomic E-state index is 10.8. The van der Waals surface area contributed by atoms with Crippen molar-refractivity contribution in [1.82, 2.24) is 15.0 Å². The SMILES string of the molecule is CCCN(CC(=O)O)Cc1noc(-c2ccc(Cl)cc2)n1. The lowest BCUT2D eigenvalue weighted by Gasteiger charge is -2.16. The van der Waals surface area contributed by atoms with Crippen LogP contribution in [0.2, 0.25) is 5.02 Å². The van der Waals surface area contributed by atoms with Crippen molar-refractivity contribution < 1.29 is 14.4 Å². The van der Waals surface area contributed by atoms with Crippen LogP contribution in [0, 0.1) is 0 Å². The number of carboxylic acids is 1. The molecule has 0 aliphatic carbocycles. The number of hydrogen-bond donors (Lipinski definition) is 1. The van der Waals surface area contributed by atoms with E-state index in [-0.39, 0.29) is 6.54 Å². The summed E-state index contributed by atoms with van der Waals surface area (Å²) in [5.74, 6) is -0.00652. The Kier molecular flexibility index (Phi) is 5.30. The molecule has 7 heteroatoms. The molecule has 0 aliphatic rings. The molecule has 0 spiro atoms. The van der Waals surface area contributed by atoms with Crippen molar-refractivity contribution >= 4 is 17.6 Å². The number of carbonyl (C=O) groups is 1. The molecule has 6 nitrogen and oxygen atoms in total. The van der Waals surface area contributed by atoms with Crippen LogP contribution in [0.1, 0.15) is 19.2 Å². The molecule has 0 amide bonds. The van der Waals surface area contributed by atoms with Gasteiger partial charge in [0.2, 0.25) is 0 Å². The number of aromatic nitrogens is 2. The first-order valence-electron chi connectivity index (χ1n) is 6.61. The molecule has 2 rings (SSSR count). The van der Waals surface area contributed by atoms with Gasteiger partial charge in [0, 0.05) is 10.6 Å². The second kappa shape index (κ2) is 7.19. The molecule has 1 aromatic carbocycles. The molecular weight excluding hydrogens is 294 g/mol. The second-order valence-corrected chi connectivity index (χ2v) is 5.06. The van der Waals surface area contributed by atoms with Crippen molar-refractivity contribution in [3.8, 4) is 11.5 Å². The molecule has 1 aromatic heterocycles. The van der Waals surface area contributed by atoms with Crippen molar-refractivity contribution in [3.05, 3.63) is 35.1 Å². The van der Waals surface area contributed by atoms with Gasteiger partial charge in [0.05, 0.1) is 13.1 Å². The number of aliphatic carboxylic acids is 1. The van der Waals surface area contributed by atoms with E-state index in [1.807, 2.05) is 6.92 Å². The van der Waals surface area contributed by atoms with Gasteiger partial charge in [0.25, 0.3) is 5.89 Å². The Bertz CT molecular complexity index is 598. The first-order chi connectivity index (χ1) is 10.1. The van der Waals surface area contributed by atoms with Crippen LogP contribution >= 0.6 is 11.6 Å². The highest BCUT2D eigenvalue weighted by Gasteiger charge is 2.14. The monoisotopic (exact) mass is 309 g/mol. The van der Waals surface area contributed by atoms with E-state index < -0.39 is 5.97 Å². The van der Waals surface area contributed by atoms with E-state index in [2.05, 4.69) is 10.1 Å². The molecule has 0 saturated carbocycles. The summed E-state index contributed by atoms with van der Waals surface area (Å²) in [4.78, 5) is 16.9. The molecule has 0 aliphatic heterocycles. The topological polar surface area (TPSA) is 79.5 Å². The zero-order valence-corrected chi connectivity index (χ0v) is 12.4. The predicted molar refractivity (Wildman–Crippen MR) is 77.9 cm³/mol. The third-order valence-corrected chi connectivity index (χ3v) is 3.07. The van der Waals surface area contributed by atoms with Gasteiger partial charge in [-0.3, -0.25) is 9.69 Å². The van der Waals surface area contributed by atoms with Gasteiger partial charge in [-0.2, -0.15) is 4.98 Å². The van der Waals surface area contributed by atoms with E-state index in [0.717, 1.165) is 12.0 Å². The molecular formula is C14H16ClN3O3. The van der Waals surface area contributed by atoms with Crippen LogP contribution in [0.15, 0.2) is 28.8 Å². The van der Waals surface area contributed by atoms with Crippen LogP contribution in [0.5, 0.6) is 0 Å². The first-order valence-corrected chi connectivity index (χ1v) is 6.99. The molecule has 0 fully saturated rings. The lowest BCUT2D eigenvalue weighted by atomic mass is 10.2. The summed E-state index contributed by atoms with van der Waals surface area (Å²) in [5, 5.41) is 13.4. The minimum absolute atomic E-state index is 0.0430. The molecule has 21 heavy (non-hydrogen) atoms. The van der Waals surface area contributed by atoms with Crippen molar-refractivity contribution in [3.63, 3.8) is 0 Å². The predicted octanol–water partition coefficient (Wildman–Crippen LogP) is 2.69. The maximum absolute atomic E-state index is 10.8. The van der Waals surface area contributed by atoms with Gasteiger partial charge in [-0.15, -0.1) is 0 Å². The number of nitrogens with zero attached hydrogens (tertiary/aromatic N) is 3. The van der Waals surface area contributed by atoms with Gasteiger partial charge in [0.1, 0.15) is 0 Å². The Labute approximate surface area is 127 Å². The number of hydrogen-bond acceptors (Lipinski definition) is 5. The Morgan fingerprint density at radius 3 is 2.71 bits per heavy atom. The van der Waals surface area contributed by atoms with Gasteiger partial charge < -0.3 is 9.63 Å². The smallest absolute Gasteiger partial charge is 0.317 e. The van der Waals surface area contributed by atoms with Gasteiger partial charge >= 0.3 is 5.97 Å². The van der Waals surface area contributed by atoms with E-state index in [9.17, 15) is 4.79 Å². The average Bonchev–Trinajstić information content (AvgIpc) is 2.87. The molecule has 0 unspecified atom stereocenters. The minimum atomic E-state index is -0.870. The average molecular weight is 310 g/mol. The Hall–Kier alpha value is -1.92. The standard InChI is InChI=1S/C14H16ClN3O3/c1-2-7-18(9-13(19)20)8-12-16-14(21-17-12)10-3-5-11(15)6-4-10/h3-6H,2,7-9H2,1H3,(H,19,20). The highest BCUT2D eigenvalue weighted by atomic mass is 35.5. The van der Waals surface area contributed by atoms with E-state index in [1.54, 1.807) is 29.2 Å².